The number of aliphatic imine (C=N–C) groups is 1. The first kappa shape index (κ1) is 16.6. The lowest BCUT2D eigenvalue weighted by atomic mass is 10.2. The van der Waals surface area contributed by atoms with Gasteiger partial charge in [-0.15, -0.1) is 0 Å². The highest BCUT2D eigenvalue weighted by Gasteiger charge is 2.23. The normalized spacial score (nSPS) is 17.4. The maximum Gasteiger partial charge on any atom is 0.264 e. The van der Waals surface area contributed by atoms with Crippen LogP contribution in [0.3, 0.4) is 0 Å². The number of thioether (sulfide) groups is 1. The Balaban J connectivity index is 1.77. The van der Waals surface area contributed by atoms with Gasteiger partial charge in [0.05, 0.1) is 10.6 Å². The van der Waals surface area contributed by atoms with E-state index in [2.05, 4.69) is 10.3 Å². The van der Waals surface area contributed by atoms with Gasteiger partial charge in [-0.1, -0.05) is 23.7 Å². The molecule has 0 saturated carbocycles. The van der Waals surface area contributed by atoms with Gasteiger partial charge in [-0.2, -0.15) is 0 Å². The van der Waals surface area contributed by atoms with Crippen LogP contribution in [0.1, 0.15) is 5.56 Å². The highest BCUT2D eigenvalue weighted by molar-refractivity contribution is 8.18. The van der Waals surface area contributed by atoms with E-state index in [1.165, 1.54) is 11.8 Å². The molecule has 0 bridgehead atoms. The number of carbonyl (C=O) groups excluding carboxylic acids is 1. The van der Waals surface area contributed by atoms with Crippen molar-refractivity contribution in [2.45, 2.75) is 0 Å². The van der Waals surface area contributed by atoms with E-state index in [1.54, 1.807) is 12.1 Å². The molecule has 0 atom stereocenters. The second-order valence-corrected chi connectivity index (χ2v) is 6.91. The summed E-state index contributed by atoms with van der Waals surface area (Å²) in [4.78, 5) is 19.2. The van der Waals surface area contributed by atoms with Crippen molar-refractivity contribution in [2.24, 2.45) is 4.99 Å². The number of hydrogen-bond donors (Lipinski definition) is 1. The number of amides is 1. The fraction of sp³-hybridized carbons (Fsp3) is 0.111. The number of benzene rings is 2. The third-order valence-corrected chi connectivity index (χ3v) is 4.58. The number of carbonyl (C=O) groups is 1. The Morgan fingerprint density at radius 3 is 2.38 bits per heavy atom. The summed E-state index contributed by atoms with van der Waals surface area (Å²) in [6, 6.07) is 15.2. The van der Waals surface area contributed by atoms with Crippen molar-refractivity contribution in [3.05, 3.63) is 64.0 Å². The highest BCUT2D eigenvalue weighted by atomic mass is 35.5. The van der Waals surface area contributed by atoms with Crippen LogP contribution >= 0.6 is 23.4 Å². The van der Waals surface area contributed by atoms with Gasteiger partial charge >= 0.3 is 0 Å². The van der Waals surface area contributed by atoms with Crippen molar-refractivity contribution in [1.29, 1.82) is 0 Å². The van der Waals surface area contributed by atoms with Gasteiger partial charge in [-0.25, -0.2) is 4.99 Å². The molecule has 24 heavy (non-hydrogen) atoms. The first-order valence-corrected chi connectivity index (χ1v) is 8.53. The second kappa shape index (κ2) is 7.11. The number of nitrogens with one attached hydrogen (secondary N) is 1. The van der Waals surface area contributed by atoms with E-state index in [0.29, 0.717) is 15.1 Å². The zero-order chi connectivity index (χ0) is 17.1. The smallest absolute Gasteiger partial charge is 0.264 e. The van der Waals surface area contributed by atoms with E-state index in [4.69, 9.17) is 11.6 Å². The first-order valence-electron chi connectivity index (χ1n) is 7.34. The molecule has 1 fully saturated rings. The Bertz CT molecular complexity index is 811. The van der Waals surface area contributed by atoms with Gasteiger partial charge < -0.3 is 10.2 Å². The highest BCUT2D eigenvalue weighted by Crippen LogP contribution is 2.28. The van der Waals surface area contributed by atoms with Gasteiger partial charge in [0, 0.05) is 24.8 Å². The van der Waals surface area contributed by atoms with Crippen LogP contribution in [0.2, 0.25) is 5.02 Å². The number of amidine groups is 1. The van der Waals surface area contributed by atoms with Crippen LogP contribution in [0.25, 0.3) is 6.08 Å². The predicted molar refractivity (Wildman–Crippen MR) is 103 cm³/mol. The molecule has 0 unspecified atom stereocenters. The molecule has 122 valence electrons. The fourth-order valence-electron chi connectivity index (χ4n) is 2.13. The Kier molecular flexibility index (Phi) is 4.92. The number of rotatable bonds is 3. The molecule has 0 radical (unpaired) electrons. The second-order valence-electron chi connectivity index (χ2n) is 5.44. The molecule has 0 aliphatic carbocycles. The molecule has 2 aromatic rings. The number of nitrogens with zero attached hydrogens (tertiary/aromatic N) is 2. The Labute approximate surface area is 150 Å². The minimum Gasteiger partial charge on any atom is -0.378 e. The summed E-state index contributed by atoms with van der Waals surface area (Å²) < 4.78 is 0. The Morgan fingerprint density at radius 2 is 1.75 bits per heavy atom. The third kappa shape index (κ3) is 3.99. The topological polar surface area (TPSA) is 44.7 Å². The summed E-state index contributed by atoms with van der Waals surface area (Å²) in [5.74, 6) is -0.140. The standard InChI is InChI=1S/C18H16ClN3OS/c1-22(2)15-9-7-14(8-10-15)20-18-21-17(23)16(24-18)11-12-3-5-13(19)6-4-12/h3-11H,1-2H3,(H,20,21,23)/b16-11+. The molecule has 1 aliphatic rings. The largest absolute Gasteiger partial charge is 0.378 e. The van der Waals surface area contributed by atoms with Crippen molar-refractivity contribution < 1.29 is 4.79 Å². The monoisotopic (exact) mass is 357 g/mol. The predicted octanol–water partition coefficient (Wildman–Crippen LogP) is 4.30. The van der Waals surface area contributed by atoms with E-state index in [-0.39, 0.29) is 5.91 Å². The van der Waals surface area contributed by atoms with Crippen molar-refractivity contribution >= 4 is 51.9 Å². The van der Waals surface area contributed by atoms with E-state index in [9.17, 15) is 4.79 Å². The molecule has 0 spiro atoms. The number of hydrogen-bond acceptors (Lipinski definition) is 4. The molecule has 6 heteroatoms. The summed E-state index contributed by atoms with van der Waals surface area (Å²) in [7, 11) is 3.98. The van der Waals surface area contributed by atoms with E-state index in [0.717, 1.165) is 16.9 Å². The van der Waals surface area contributed by atoms with Crippen LogP contribution in [-0.4, -0.2) is 25.2 Å². The molecule has 1 saturated heterocycles. The van der Waals surface area contributed by atoms with E-state index < -0.39 is 0 Å². The van der Waals surface area contributed by atoms with Crippen molar-refractivity contribution in [2.75, 3.05) is 19.0 Å². The maximum absolute atomic E-state index is 12.1. The molecule has 1 aliphatic heterocycles. The Hall–Kier alpha value is -2.24. The zero-order valence-electron chi connectivity index (χ0n) is 13.3. The molecule has 1 amide bonds. The van der Waals surface area contributed by atoms with Crippen molar-refractivity contribution in [1.82, 2.24) is 5.32 Å². The molecule has 1 heterocycles. The van der Waals surface area contributed by atoms with Crippen LogP contribution in [0.15, 0.2) is 58.4 Å². The van der Waals surface area contributed by atoms with E-state index in [1.807, 2.05) is 61.5 Å². The lowest BCUT2D eigenvalue weighted by Crippen LogP contribution is -2.19. The van der Waals surface area contributed by atoms with Gasteiger partial charge in [0.2, 0.25) is 0 Å². The number of anilines is 1. The molecular weight excluding hydrogens is 342 g/mol. The van der Waals surface area contributed by atoms with E-state index >= 15 is 0 Å². The van der Waals surface area contributed by atoms with Crippen molar-refractivity contribution in [3.8, 4) is 0 Å². The van der Waals surface area contributed by atoms with Crippen molar-refractivity contribution in [3.63, 3.8) is 0 Å². The van der Waals surface area contributed by atoms with Gasteiger partial charge in [0.15, 0.2) is 5.17 Å². The molecule has 1 N–H and O–H groups in total. The van der Waals surface area contributed by atoms with Crippen LogP contribution in [0.4, 0.5) is 11.4 Å². The van der Waals surface area contributed by atoms with Gasteiger partial charge in [0.25, 0.3) is 5.91 Å². The Morgan fingerprint density at radius 1 is 1.08 bits per heavy atom. The molecule has 4 nitrogen and oxygen atoms in total. The SMILES string of the molecule is CN(C)c1ccc(N=C2NC(=O)/C(=C\c3ccc(Cl)cc3)S2)cc1. The lowest BCUT2D eigenvalue weighted by Gasteiger charge is -2.11. The van der Waals surface area contributed by atoms with Crippen LogP contribution in [-0.2, 0) is 4.79 Å². The van der Waals surface area contributed by atoms with Crippen LogP contribution < -0.4 is 10.2 Å². The summed E-state index contributed by atoms with van der Waals surface area (Å²) in [5, 5.41) is 4.04. The van der Waals surface area contributed by atoms with Gasteiger partial charge in [0.1, 0.15) is 0 Å². The van der Waals surface area contributed by atoms with Gasteiger partial charge in [-0.3, -0.25) is 4.79 Å². The summed E-state index contributed by atoms with van der Waals surface area (Å²) in [6.45, 7) is 0. The summed E-state index contributed by atoms with van der Waals surface area (Å²) in [5.41, 5.74) is 2.83. The zero-order valence-corrected chi connectivity index (χ0v) is 14.9. The van der Waals surface area contributed by atoms with Crippen LogP contribution in [0.5, 0.6) is 0 Å². The molecular formula is C18H16ClN3OS. The maximum atomic E-state index is 12.1. The minimum absolute atomic E-state index is 0.140. The minimum atomic E-state index is -0.140. The fourth-order valence-corrected chi connectivity index (χ4v) is 3.10. The average molecular weight is 358 g/mol. The first-order chi connectivity index (χ1) is 11.5. The summed E-state index contributed by atoms with van der Waals surface area (Å²) >= 11 is 7.20. The third-order valence-electron chi connectivity index (χ3n) is 3.42. The number of halogens is 1. The molecule has 3 rings (SSSR count). The molecule has 2 aromatic carbocycles. The lowest BCUT2D eigenvalue weighted by molar-refractivity contribution is -0.115. The summed E-state index contributed by atoms with van der Waals surface area (Å²) in [6.07, 6.45) is 1.83. The average Bonchev–Trinajstić information content (AvgIpc) is 2.89. The quantitative estimate of drug-likeness (QED) is 0.833. The van der Waals surface area contributed by atoms with Crippen LogP contribution in [0, 0.1) is 0 Å². The molecule has 0 aromatic heterocycles. The van der Waals surface area contributed by atoms with Gasteiger partial charge in [-0.05, 0) is 59.8 Å².